The predicted octanol–water partition coefficient (Wildman–Crippen LogP) is 3.44. The van der Waals surface area contributed by atoms with Gasteiger partial charge in [0.15, 0.2) is 0 Å². The number of para-hydroxylation sites is 1. The molecule has 0 saturated carbocycles. The molecule has 3 rings (SSSR count). The summed E-state index contributed by atoms with van der Waals surface area (Å²) < 4.78 is 0. The monoisotopic (exact) mass is 242 g/mol. The molecule has 2 heterocycles. The van der Waals surface area contributed by atoms with Gasteiger partial charge in [-0.2, -0.15) is 0 Å². The Balaban J connectivity index is 1.66. The number of aromatic amines is 1. The maximum atomic E-state index is 3.37. The molecular formula is C16H22N2. The van der Waals surface area contributed by atoms with Crippen LogP contribution in [0.1, 0.15) is 25.3 Å². The van der Waals surface area contributed by atoms with Crippen LogP contribution in [-0.2, 0) is 6.42 Å². The summed E-state index contributed by atoms with van der Waals surface area (Å²) in [6, 6.07) is 8.60. The van der Waals surface area contributed by atoms with Crippen molar-refractivity contribution in [2.75, 3.05) is 19.6 Å². The molecule has 2 nitrogen and oxygen atoms in total. The van der Waals surface area contributed by atoms with Gasteiger partial charge in [0.2, 0.25) is 0 Å². The second-order valence-corrected chi connectivity index (χ2v) is 5.66. The van der Waals surface area contributed by atoms with E-state index >= 15 is 0 Å². The highest BCUT2D eigenvalue weighted by Crippen LogP contribution is 2.20. The summed E-state index contributed by atoms with van der Waals surface area (Å²) in [4.78, 5) is 5.99. The van der Waals surface area contributed by atoms with Gasteiger partial charge >= 0.3 is 0 Å². The first-order valence-electron chi connectivity index (χ1n) is 7.10. The maximum absolute atomic E-state index is 3.37. The van der Waals surface area contributed by atoms with Crippen molar-refractivity contribution in [3.05, 3.63) is 36.0 Å². The summed E-state index contributed by atoms with van der Waals surface area (Å²) in [7, 11) is 0. The van der Waals surface area contributed by atoms with E-state index in [0.717, 1.165) is 12.3 Å². The van der Waals surface area contributed by atoms with E-state index in [9.17, 15) is 0 Å². The van der Waals surface area contributed by atoms with E-state index in [1.54, 1.807) is 0 Å². The second-order valence-electron chi connectivity index (χ2n) is 5.66. The van der Waals surface area contributed by atoms with E-state index in [0.29, 0.717) is 0 Å². The van der Waals surface area contributed by atoms with Crippen LogP contribution >= 0.6 is 0 Å². The Hall–Kier alpha value is -1.28. The Kier molecular flexibility index (Phi) is 3.37. The van der Waals surface area contributed by atoms with Crippen LogP contribution < -0.4 is 0 Å². The van der Waals surface area contributed by atoms with E-state index in [1.165, 1.54) is 48.9 Å². The molecule has 1 unspecified atom stereocenters. The maximum Gasteiger partial charge on any atom is 0.0456 e. The van der Waals surface area contributed by atoms with Gasteiger partial charge in [-0.25, -0.2) is 0 Å². The second kappa shape index (κ2) is 5.15. The highest BCUT2D eigenvalue weighted by Gasteiger charge is 2.16. The summed E-state index contributed by atoms with van der Waals surface area (Å²) in [5.41, 5.74) is 2.73. The van der Waals surface area contributed by atoms with Crippen molar-refractivity contribution >= 4 is 10.9 Å². The van der Waals surface area contributed by atoms with Crippen LogP contribution in [0.5, 0.6) is 0 Å². The Morgan fingerprint density at radius 3 is 3.11 bits per heavy atom. The van der Waals surface area contributed by atoms with Gasteiger partial charge in [0.05, 0.1) is 0 Å². The van der Waals surface area contributed by atoms with Crippen molar-refractivity contribution < 1.29 is 0 Å². The molecule has 2 aromatic rings. The number of rotatable bonds is 3. The lowest BCUT2D eigenvalue weighted by Gasteiger charge is -2.30. The number of aromatic nitrogens is 1. The number of nitrogens with zero attached hydrogens (tertiary/aromatic N) is 1. The van der Waals surface area contributed by atoms with Crippen molar-refractivity contribution in [3.8, 4) is 0 Å². The number of H-pyrrole nitrogens is 1. The molecular weight excluding hydrogens is 220 g/mol. The molecule has 18 heavy (non-hydrogen) atoms. The first-order valence-corrected chi connectivity index (χ1v) is 7.10. The van der Waals surface area contributed by atoms with E-state index in [2.05, 4.69) is 47.3 Å². The Labute approximate surface area is 109 Å². The number of nitrogens with one attached hydrogen (secondary N) is 1. The van der Waals surface area contributed by atoms with E-state index in [-0.39, 0.29) is 0 Å². The quantitative estimate of drug-likeness (QED) is 0.873. The van der Waals surface area contributed by atoms with Crippen LogP contribution in [-0.4, -0.2) is 29.5 Å². The largest absolute Gasteiger partial charge is 0.361 e. The molecule has 1 aromatic carbocycles. The average Bonchev–Trinajstić information content (AvgIpc) is 2.80. The van der Waals surface area contributed by atoms with Crippen molar-refractivity contribution in [3.63, 3.8) is 0 Å². The number of fused-ring (bicyclic) bond motifs is 1. The zero-order valence-electron chi connectivity index (χ0n) is 11.2. The van der Waals surface area contributed by atoms with Crippen LogP contribution in [0.3, 0.4) is 0 Å². The van der Waals surface area contributed by atoms with Crippen LogP contribution in [0.2, 0.25) is 0 Å². The highest BCUT2D eigenvalue weighted by molar-refractivity contribution is 5.83. The fourth-order valence-electron chi connectivity index (χ4n) is 3.11. The van der Waals surface area contributed by atoms with Crippen LogP contribution in [0.4, 0.5) is 0 Å². The molecule has 2 heteroatoms. The zero-order valence-corrected chi connectivity index (χ0v) is 11.2. The first kappa shape index (κ1) is 11.8. The molecule has 1 saturated heterocycles. The first-order chi connectivity index (χ1) is 8.83. The molecule has 1 N–H and O–H groups in total. The number of hydrogen-bond donors (Lipinski definition) is 1. The number of hydrogen-bond acceptors (Lipinski definition) is 1. The van der Waals surface area contributed by atoms with Gasteiger partial charge in [0.1, 0.15) is 0 Å². The van der Waals surface area contributed by atoms with Gasteiger partial charge in [0, 0.05) is 30.2 Å². The normalized spacial score (nSPS) is 21.5. The lowest BCUT2D eigenvalue weighted by Crippen LogP contribution is -2.35. The standard InChI is InChI=1S/C16H22N2/c1-13-5-4-9-18(12-13)10-8-14-11-17-16-7-3-2-6-15(14)16/h2-3,6-7,11,13,17H,4-5,8-10,12H2,1H3. The molecule has 0 radical (unpaired) electrons. The Morgan fingerprint density at radius 2 is 2.22 bits per heavy atom. The Morgan fingerprint density at radius 1 is 1.33 bits per heavy atom. The number of benzene rings is 1. The van der Waals surface area contributed by atoms with Crippen molar-refractivity contribution in [1.82, 2.24) is 9.88 Å². The minimum Gasteiger partial charge on any atom is -0.361 e. The van der Waals surface area contributed by atoms with Gasteiger partial charge in [-0.3, -0.25) is 0 Å². The van der Waals surface area contributed by atoms with Gasteiger partial charge in [-0.05, 0) is 43.4 Å². The van der Waals surface area contributed by atoms with E-state index in [1.807, 2.05) is 0 Å². The topological polar surface area (TPSA) is 19.0 Å². The molecule has 0 spiro atoms. The summed E-state index contributed by atoms with van der Waals surface area (Å²) in [5, 5.41) is 1.39. The van der Waals surface area contributed by atoms with Gasteiger partial charge in [-0.1, -0.05) is 25.1 Å². The fourth-order valence-corrected chi connectivity index (χ4v) is 3.11. The minimum atomic E-state index is 0.877. The SMILES string of the molecule is CC1CCCN(CCc2c[nH]c3ccccc23)C1. The molecule has 0 amide bonds. The molecule has 1 aromatic heterocycles. The number of likely N-dealkylation sites (tertiary alicyclic amines) is 1. The highest BCUT2D eigenvalue weighted by atomic mass is 15.1. The zero-order chi connectivity index (χ0) is 12.4. The third kappa shape index (κ3) is 2.44. The molecule has 1 atom stereocenters. The van der Waals surface area contributed by atoms with Gasteiger partial charge < -0.3 is 9.88 Å². The van der Waals surface area contributed by atoms with Gasteiger partial charge in [0.25, 0.3) is 0 Å². The third-order valence-corrected chi connectivity index (χ3v) is 4.11. The predicted molar refractivity (Wildman–Crippen MR) is 76.8 cm³/mol. The fraction of sp³-hybridized carbons (Fsp3) is 0.500. The molecule has 1 aliphatic heterocycles. The van der Waals surface area contributed by atoms with Crippen molar-refractivity contribution in [2.45, 2.75) is 26.2 Å². The molecule has 1 aliphatic rings. The van der Waals surface area contributed by atoms with Crippen molar-refractivity contribution in [1.29, 1.82) is 0 Å². The van der Waals surface area contributed by atoms with E-state index < -0.39 is 0 Å². The van der Waals surface area contributed by atoms with E-state index in [4.69, 9.17) is 0 Å². The summed E-state index contributed by atoms with van der Waals surface area (Å²) >= 11 is 0. The summed E-state index contributed by atoms with van der Waals surface area (Å²) in [5.74, 6) is 0.877. The smallest absolute Gasteiger partial charge is 0.0456 e. The Bertz CT molecular complexity index is 515. The lowest BCUT2D eigenvalue weighted by atomic mass is 10.00. The molecule has 0 bridgehead atoms. The molecule has 0 aliphatic carbocycles. The number of piperidine rings is 1. The molecule has 1 fully saturated rings. The van der Waals surface area contributed by atoms with Crippen LogP contribution in [0.25, 0.3) is 10.9 Å². The van der Waals surface area contributed by atoms with Gasteiger partial charge in [-0.15, -0.1) is 0 Å². The summed E-state index contributed by atoms with van der Waals surface area (Å²) in [6.07, 6.45) is 6.12. The average molecular weight is 242 g/mol. The lowest BCUT2D eigenvalue weighted by molar-refractivity contribution is 0.186. The van der Waals surface area contributed by atoms with Crippen LogP contribution in [0.15, 0.2) is 30.5 Å². The minimum absolute atomic E-state index is 0.877. The third-order valence-electron chi connectivity index (χ3n) is 4.11. The van der Waals surface area contributed by atoms with Crippen LogP contribution in [0, 0.1) is 5.92 Å². The van der Waals surface area contributed by atoms with Crippen molar-refractivity contribution in [2.24, 2.45) is 5.92 Å². The molecule has 96 valence electrons. The summed E-state index contributed by atoms with van der Waals surface area (Å²) in [6.45, 7) is 6.14.